The van der Waals surface area contributed by atoms with Crippen molar-refractivity contribution < 1.29 is 0 Å². The molecule has 2 N–H and O–H groups in total. The Bertz CT molecular complexity index is 391. The van der Waals surface area contributed by atoms with Gasteiger partial charge in [-0.1, -0.05) is 17.3 Å². The van der Waals surface area contributed by atoms with Crippen molar-refractivity contribution in [3.8, 4) is 0 Å². The van der Waals surface area contributed by atoms with Gasteiger partial charge >= 0.3 is 0 Å². The Kier molecular flexibility index (Phi) is 3.46. The van der Waals surface area contributed by atoms with Crippen LogP contribution in [0.25, 0.3) is 16.5 Å². The maximum absolute atomic E-state index is 8.04. The monoisotopic (exact) mass is 190 g/mol. The van der Waals surface area contributed by atoms with E-state index >= 15 is 0 Å². The van der Waals surface area contributed by atoms with Crippen molar-refractivity contribution >= 4 is 12.0 Å². The fourth-order valence-electron chi connectivity index (χ4n) is 0.921. The average Bonchev–Trinajstić information content (AvgIpc) is 2.15. The summed E-state index contributed by atoms with van der Waals surface area (Å²) >= 11 is 0. The fraction of sp³-hybridized carbons (Fsp3) is 0.250. The van der Waals surface area contributed by atoms with E-state index in [1.165, 1.54) is 0 Å². The number of rotatable bonds is 3. The summed E-state index contributed by atoms with van der Waals surface area (Å²) in [5.41, 5.74) is 15.1. The molecule has 0 spiro atoms. The van der Waals surface area contributed by atoms with E-state index in [1.807, 2.05) is 6.92 Å². The first-order valence-electron chi connectivity index (χ1n) is 4.00. The third kappa shape index (κ3) is 2.76. The molecule has 0 bridgehead atoms. The van der Waals surface area contributed by atoms with E-state index in [-0.39, 0.29) is 5.95 Å². The van der Waals surface area contributed by atoms with Crippen LogP contribution in [0.15, 0.2) is 17.4 Å². The van der Waals surface area contributed by atoms with E-state index in [0.717, 1.165) is 11.3 Å². The molecule has 1 heterocycles. The summed E-state index contributed by atoms with van der Waals surface area (Å²) in [6.45, 7) is 2.16. The highest BCUT2D eigenvalue weighted by Gasteiger charge is 1.96. The molecule has 0 aliphatic rings. The molecule has 0 amide bonds. The zero-order valence-corrected chi connectivity index (χ0v) is 7.75. The summed E-state index contributed by atoms with van der Waals surface area (Å²) < 4.78 is 0. The first-order valence-corrected chi connectivity index (χ1v) is 4.00. The van der Waals surface area contributed by atoms with Crippen molar-refractivity contribution in [1.82, 2.24) is 9.97 Å². The van der Waals surface area contributed by atoms with Gasteiger partial charge in [0.25, 0.3) is 0 Å². The first kappa shape index (κ1) is 10.0. The second-order valence-electron chi connectivity index (χ2n) is 2.58. The van der Waals surface area contributed by atoms with Crippen LogP contribution in [0.2, 0.25) is 0 Å². The van der Waals surface area contributed by atoms with Crippen molar-refractivity contribution in [2.45, 2.75) is 6.92 Å². The molecule has 1 aromatic heterocycles. The van der Waals surface area contributed by atoms with Gasteiger partial charge in [-0.05, 0) is 12.5 Å². The number of azide groups is 1. The van der Waals surface area contributed by atoms with Crippen molar-refractivity contribution in [2.24, 2.45) is 5.11 Å². The summed E-state index contributed by atoms with van der Waals surface area (Å²) in [5.74, 6) is 0.259. The molecule has 0 aliphatic heterocycles. The molecule has 0 aromatic carbocycles. The molecule has 14 heavy (non-hydrogen) atoms. The van der Waals surface area contributed by atoms with Crippen molar-refractivity contribution in [2.75, 3.05) is 12.3 Å². The molecule has 0 fully saturated rings. The van der Waals surface area contributed by atoms with Crippen LogP contribution in [-0.2, 0) is 0 Å². The quantitative estimate of drug-likeness (QED) is 0.445. The third-order valence-electron chi connectivity index (χ3n) is 1.58. The topological polar surface area (TPSA) is 101 Å². The molecule has 0 radical (unpaired) electrons. The SMILES string of the molecule is Cc1nc(N)ncc1C=CCN=[N+]=[N-]. The van der Waals surface area contributed by atoms with Crippen molar-refractivity contribution in [3.63, 3.8) is 0 Å². The number of anilines is 1. The number of aromatic nitrogens is 2. The van der Waals surface area contributed by atoms with E-state index in [1.54, 1.807) is 18.3 Å². The zero-order valence-electron chi connectivity index (χ0n) is 7.75. The highest BCUT2D eigenvalue weighted by molar-refractivity contribution is 5.51. The molecule has 1 aromatic rings. The van der Waals surface area contributed by atoms with E-state index < -0.39 is 0 Å². The molecule has 0 saturated heterocycles. The van der Waals surface area contributed by atoms with Crippen LogP contribution in [0.5, 0.6) is 0 Å². The van der Waals surface area contributed by atoms with Crippen LogP contribution in [0.4, 0.5) is 5.95 Å². The second kappa shape index (κ2) is 4.84. The summed E-state index contributed by atoms with van der Waals surface area (Å²) in [6.07, 6.45) is 5.16. The number of nitrogens with two attached hydrogens (primary N) is 1. The maximum Gasteiger partial charge on any atom is 0.220 e. The van der Waals surface area contributed by atoms with Gasteiger partial charge < -0.3 is 5.73 Å². The Morgan fingerprint density at radius 1 is 1.71 bits per heavy atom. The molecule has 0 aliphatic carbocycles. The number of aryl methyl sites for hydroxylation is 1. The highest BCUT2D eigenvalue weighted by atomic mass is 15.1. The Morgan fingerprint density at radius 3 is 3.14 bits per heavy atom. The van der Waals surface area contributed by atoms with Gasteiger partial charge in [0.05, 0.1) is 5.69 Å². The predicted octanol–water partition coefficient (Wildman–Crippen LogP) is 1.69. The van der Waals surface area contributed by atoms with Gasteiger partial charge in [-0.25, -0.2) is 9.97 Å². The standard InChI is InChI=1S/C8H10N6/c1-6-7(3-2-4-12-14-10)5-11-8(9)13-6/h2-3,5H,4H2,1H3,(H2,9,11,13). The van der Waals surface area contributed by atoms with E-state index in [4.69, 9.17) is 11.3 Å². The normalized spacial score (nSPS) is 10.1. The largest absolute Gasteiger partial charge is 0.368 e. The molecule has 0 unspecified atom stereocenters. The molecule has 0 atom stereocenters. The number of hydrogen-bond acceptors (Lipinski definition) is 4. The Morgan fingerprint density at radius 2 is 2.50 bits per heavy atom. The van der Waals surface area contributed by atoms with Gasteiger partial charge in [0.15, 0.2) is 0 Å². The van der Waals surface area contributed by atoms with Crippen LogP contribution in [0, 0.1) is 6.92 Å². The molecular formula is C8H10N6. The summed E-state index contributed by atoms with van der Waals surface area (Å²) in [4.78, 5) is 10.5. The minimum absolute atomic E-state index is 0.259. The van der Waals surface area contributed by atoms with E-state index in [9.17, 15) is 0 Å². The first-order chi connectivity index (χ1) is 6.74. The van der Waals surface area contributed by atoms with Gasteiger partial charge in [-0.2, -0.15) is 0 Å². The lowest BCUT2D eigenvalue weighted by Gasteiger charge is -1.98. The van der Waals surface area contributed by atoms with Gasteiger partial charge in [0, 0.05) is 23.2 Å². The zero-order chi connectivity index (χ0) is 10.4. The van der Waals surface area contributed by atoms with E-state index in [0.29, 0.717) is 6.54 Å². The lowest BCUT2D eigenvalue weighted by Crippen LogP contribution is -1.97. The van der Waals surface area contributed by atoms with Crippen LogP contribution in [-0.4, -0.2) is 16.5 Å². The Balaban J connectivity index is 2.76. The second-order valence-corrected chi connectivity index (χ2v) is 2.58. The lowest BCUT2D eigenvalue weighted by atomic mass is 10.2. The predicted molar refractivity (Wildman–Crippen MR) is 54.2 cm³/mol. The lowest BCUT2D eigenvalue weighted by molar-refractivity contribution is 1.11. The van der Waals surface area contributed by atoms with Crippen molar-refractivity contribution in [3.05, 3.63) is 34.0 Å². The molecule has 72 valence electrons. The molecule has 6 nitrogen and oxygen atoms in total. The van der Waals surface area contributed by atoms with E-state index in [2.05, 4.69) is 20.0 Å². The summed E-state index contributed by atoms with van der Waals surface area (Å²) in [7, 11) is 0. The Labute approximate surface area is 81.1 Å². The number of hydrogen-bond donors (Lipinski definition) is 1. The summed E-state index contributed by atoms with van der Waals surface area (Å²) in [5, 5.41) is 3.36. The van der Waals surface area contributed by atoms with Gasteiger partial charge in [0.1, 0.15) is 0 Å². The minimum Gasteiger partial charge on any atom is -0.368 e. The smallest absolute Gasteiger partial charge is 0.220 e. The number of nitrogens with zero attached hydrogens (tertiary/aromatic N) is 5. The van der Waals surface area contributed by atoms with Gasteiger partial charge in [0.2, 0.25) is 5.95 Å². The van der Waals surface area contributed by atoms with Crippen molar-refractivity contribution in [1.29, 1.82) is 0 Å². The molecule has 0 saturated carbocycles. The average molecular weight is 190 g/mol. The van der Waals surface area contributed by atoms with Crippen LogP contribution in [0.3, 0.4) is 0 Å². The highest BCUT2D eigenvalue weighted by Crippen LogP contribution is 2.06. The molecule has 6 heteroatoms. The third-order valence-corrected chi connectivity index (χ3v) is 1.58. The van der Waals surface area contributed by atoms with Crippen LogP contribution < -0.4 is 5.73 Å². The fourth-order valence-corrected chi connectivity index (χ4v) is 0.921. The molecular weight excluding hydrogens is 180 g/mol. The van der Waals surface area contributed by atoms with Gasteiger partial charge in [-0.3, -0.25) is 0 Å². The molecule has 1 rings (SSSR count). The maximum atomic E-state index is 8.04. The number of nitrogen functional groups attached to an aromatic ring is 1. The minimum atomic E-state index is 0.259. The van der Waals surface area contributed by atoms with Crippen LogP contribution in [0.1, 0.15) is 11.3 Å². The Hall–Kier alpha value is -2.07. The summed E-state index contributed by atoms with van der Waals surface area (Å²) in [6, 6.07) is 0. The van der Waals surface area contributed by atoms with Gasteiger partial charge in [-0.15, -0.1) is 0 Å². The van der Waals surface area contributed by atoms with Crippen LogP contribution >= 0.6 is 0 Å².